The molecule has 1 saturated heterocycles. The Hall–Kier alpha value is -0.650. The predicted molar refractivity (Wildman–Crippen MR) is 86.1 cm³/mol. The number of nitrogens with one attached hydrogen (secondary N) is 1. The summed E-state index contributed by atoms with van der Waals surface area (Å²) in [6.07, 6.45) is 5.54. The van der Waals surface area contributed by atoms with Crippen LogP contribution in [-0.4, -0.2) is 42.4 Å². The summed E-state index contributed by atoms with van der Waals surface area (Å²) in [6, 6.07) is 6.69. The van der Waals surface area contributed by atoms with Crippen LogP contribution in [0.5, 0.6) is 0 Å². The Morgan fingerprint density at radius 1 is 1.30 bits per heavy atom. The number of nitrogens with zero attached hydrogens (tertiary/aromatic N) is 2. The highest BCUT2D eigenvalue weighted by Gasteiger charge is 2.17. The Kier molecular flexibility index (Phi) is 6.76. The number of unbranched alkanes of at least 4 members (excludes halogenated alkanes) is 1. The van der Waals surface area contributed by atoms with E-state index >= 15 is 0 Å². The second-order valence-electron chi connectivity index (χ2n) is 5.32. The molecule has 0 amide bonds. The summed E-state index contributed by atoms with van der Waals surface area (Å²) in [5.74, 6) is 1.07. The third kappa shape index (κ3) is 5.04. The number of aromatic nitrogens is 1. The lowest BCUT2D eigenvalue weighted by atomic mass is 10.1. The minimum atomic E-state index is 0.300. The van der Waals surface area contributed by atoms with Crippen molar-refractivity contribution in [1.29, 1.82) is 0 Å². The van der Waals surface area contributed by atoms with Gasteiger partial charge >= 0.3 is 0 Å². The maximum absolute atomic E-state index is 8.79. The number of anilines is 1. The zero-order valence-corrected chi connectivity index (χ0v) is 13.5. The van der Waals surface area contributed by atoms with E-state index in [1.54, 1.807) is 0 Å². The zero-order valence-electron chi connectivity index (χ0n) is 11.9. The molecule has 0 unspecified atom stereocenters. The molecule has 2 heterocycles. The number of pyridine rings is 1. The second kappa shape index (κ2) is 8.60. The molecule has 1 fully saturated rings. The number of halogens is 1. The predicted octanol–water partition coefficient (Wildman–Crippen LogP) is 2.57. The SMILES string of the molecule is OCCCCN[C@@H]1CCCN(c2cccc(Br)n2)CC1. The van der Waals surface area contributed by atoms with Crippen molar-refractivity contribution in [3.8, 4) is 0 Å². The summed E-state index contributed by atoms with van der Waals surface area (Å²) in [4.78, 5) is 6.92. The molecule has 1 aliphatic rings. The van der Waals surface area contributed by atoms with Crippen molar-refractivity contribution in [2.75, 3.05) is 31.1 Å². The van der Waals surface area contributed by atoms with E-state index < -0.39 is 0 Å². The molecule has 0 saturated carbocycles. The van der Waals surface area contributed by atoms with Crippen molar-refractivity contribution in [3.63, 3.8) is 0 Å². The lowest BCUT2D eigenvalue weighted by Gasteiger charge is -2.22. The van der Waals surface area contributed by atoms with Crippen molar-refractivity contribution < 1.29 is 5.11 Å². The minimum Gasteiger partial charge on any atom is -0.396 e. The van der Waals surface area contributed by atoms with E-state index in [0.717, 1.165) is 49.3 Å². The first-order valence-electron chi connectivity index (χ1n) is 7.51. The summed E-state index contributed by atoms with van der Waals surface area (Å²) in [5, 5.41) is 12.4. The molecule has 0 spiro atoms. The van der Waals surface area contributed by atoms with Gasteiger partial charge in [-0.15, -0.1) is 0 Å². The third-order valence-corrected chi connectivity index (χ3v) is 4.21. The maximum Gasteiger partial charge on any atom is 0.129 e. The van der Waals surface area contributed by atoms with Crippen molar-refractivity contribution in [2.45, 2.75) is 38.1 Å². The molecular weight excluding hydrogens is 318 g/mol. The molecule has 1 aromatic rings. The average molecular weight is 342 g/mol. The zero-order chi connectivity index (χ0) is 14.2. The van der Waals surface area contributed by atoms with E-state index in [0.29, 0.717) is 12.6 Å². The summed E-state index contributed by atoms with van der Waals surface area (Å²) in [7, 11) is 0. The molecule has 2 rings (SSSR count). The highest BCUT2D eigenvalue weighted by Crippen LogP contribution is 2.19. The van der Waals surface area contributed by atoms with Gasteiger partial charge in [-0.25, -0.2) is 4.98 Å². The van der Waals surface area contributed by atoms with Gasteiger partial charge in [-0.3, -0.25) is 0 Å². The Morgan fingerprint density at radius 2 is 2.20 bits per heavy atom. The monoisotopic (exact) mass is 341 g/mol. The number of hydrogen-bond donors (Lipinski definition) is 2. The van der Waals surface area contributed by atoms with Gasteiger partial charge in [-0.05, 0) is 66.7 Å². The van der Waals surface area contributed by atoms with Gasteiger partial charge in [0.1, 0.15) is 10.4 Å². The highest BCUT2D eigenvalue weighted by molar-refractivity contribution is 9.10. The molecule has 1 aromatic heterocycles. The maximum atomic E-state index is 8.79. The van der Waals surface area contributed by atoms with Crippen LogP contribution < -0.4 is 10.2 Å². The summed E-state index contributed by atoms with van der Waals surface area (Å²) < 4.78 is 0.901. The molecule has 112 valence electrons. The van der Waals surface area contributed by atoms with Crippen LogP contribution in [0.25, 0.3) is 0 Å². The van der Waals surface area contributed by atoms with Gasteiger partial charge in [0.15, 0.2) is 0 Å². The lowest BCUT2D eigenvalue weighted by molar-refractivity contribution is 0.282. The molecule has 0 bridgehead atoms. The molecule has 4 nitrogen and oxygen atoms in total. The first kappa shape index (κ1) is 15.7. The fourth-order valence-electron chi connectivity index (χ4n) is 2.65. The van der Waals surface area contributed by atoms with Crippen LogP contribution in [0.1, 0.15) is 32.1 Å². The Labute approximate surface area is 129 Å². The van der Waals surface area contributed by atoms with Crippen molar-refractivity contribution in [3.05, 3.63) is 22.8 Å². The van der Waals surface area contributed by atoms with Crippen LogP contribution in [-0.2, 0) is 0 Å². The molecule has 1 aliphatic heterocycles. The van der Waals surface area contributed by atoms with Crippen LogP contribution in [0.3, 0.4) is 0 Å². The van der Waals surface area contributed by atoms with Crippen molar-refractivity contribution in [2.24, 2.45) is 0 Å². The number of hydrogen-bond acceptors (Lipinski definition) is 4. The second-order valence-corrected chi connectivity index (χ2v) is 6.13. The fraction of sp³-hybridized carbons (Fsp3) is 0.667. The first-order chi connectivity index (χ1) is 9.79. The third-order valence-electron chi connectivity index (χ3n) is 3.77. The van der Waals surface area contributed by atoms with Crippen LogP contribution in [0.2, 0.25) is 0 Å². The molecule has 20 heavy (non-hydrogen) atoms. The first-order valence-corrected chi connectivity index (χ1v) is 8.30. The Bertz CT molecular complexity index is 402. The minimum absolute atomic E-state index is 0.300. The number of aliphatic hydroxyl groups is 1. The molecule has 0 aromatic carbocycles. The average Bonchev–Trinajstić information content (AvgIpc) is 2.69. The lowest BCUT2D eigenvalue weighted by Crippen LogP contribution is -2.32. The summed E-state index contributed by atoms with van der Waals surface area (Å²) >= 11 is 3.44. The molecular formula is C15H24BrN3O. The summed E-state index contributed by atoms with van der Waals surface area (Å²) in [5.41, 5.74) is 0. The normalized spacial score (nSPS) is 19.9. The Morgan fingerprint density at radius 3 is 3.00 bits per heavy atom. The van der Waals surface area contributed by atoms with Gasteiger partial charge in [0.2, 0.25) is 0 Å². The fourth-order valence-corrected chi connectivity index (χ4v) is 2.98. The van der Waals surface area contributed by atoms with Gasteiger partial charge in [-0.2, -0.15) is 0 Å². The van der Waals surface area contributed by atoms with E-state index in [1.165, 1.54) is 12.8 Å². The van der Waals surface area contributed by atoms with Gasteiger partial charge in [0, 0.05) is 25.7 Å². The van der Waals surface area contributed by atoms with Gasteiger partial charge in [0.05, 0.1) is 0 Å². The van der Waals surface area contributed by atoms with E-state index in [-0.39, 0.29) is 0 Å². The standard InChI is InChI=1S/C15H24BrN3O/c16-14-6-3-7-15(18-14)19-10-4-5-13(8-11-19)17-9-1-2-12-20/h3,6-7,13,17,20H,1-2,4-5,8-12H2/t13-/m1/s1. The van der Waals surface area contributed by atoms with Crippen LogP contribution in [0, 0.1) is 0 Å². The van der Waals surface area contributed by atoms with E-state index in [2.05, 4.69) is 37.2 Å². The van der Waals surface area contributed by atoms with Crippen molar-refractivity contribution >= 4 is 21.7 Å². The molecule has 0 aliphatic carbocycles. The number of rotatable bonds is 6. The van der Waals surface area contributed by atoms with Gasteiger partial charge in [-0.1, -0.05) is 6.07 Å². The molecule has 5 heteroatoms. The molecule has 0 radical (unpaired) electrons. The van der Waals surface area contributed by atoms with Crippen molar-refractivity contribution in [1.82, 2.24) is 10.3 Å². The Balaban J connectivity index is 1.80. The van der Waals surface area contributed by atoms with Crippen LogP contribution >= 0.6 is 15.9 Å². The van der Waals surface area contributed by atoms with Gasteiger partial charge in [0.25, 0.3) is 0 Å². The largest absolute Gasteiger partial charge is 0.396 e. The topological polar surface area (TPSA) is 48.4 Å². The molecule has 2 N–H and O–H groups in total. The van der Waals surface area contributed by atoms with Crippen LogP contribution in [0.4, 0.5) is 5.82 Å². The number of aliphatic hydroxyl groups excluding tert-OH is 1. The van der Waals surface area contributed by atoms with E-state index in [9.17, 15) is 0 Å². The highest BCUT2D eigenvalue weighted by atomic mass is 79.9. The smallest absolute Gasteiger partial charge is 0.129 e. The van der Waals surface area contributed by atoms with E-state index in [4.69, 9.17) is 5.11 Å². The van der Waals surface area contributed by atoms with Gasteiger partial charge < -0.3 is 15.3 Å². The van der Waals surface area contributed by atoms with E-state index in [1.807, 2.05) is 12.1 Å². The molecule has 1 atom stereocenters. The van der Waals surface area contributed by atoms with Crippen LogP contribution in [0.15, 0.2) is 22.8 Å². The quantitative estimate of drug-likeness (QED) is 0.616. The summed E-state index contributed by atoms with van der Waals surface area (Å²) in [6.45, 7) is 3.45.